The third-order valence-electron chi connectivity index (χ3n) is 4.44. The Balaban J connectivity index is 1.81. The molecular weight excluding hydrogens is 334 g/mol. The van der Waals surface area contributed by atoms with Gasteiger partial charge in [0.15, 0.2) is 11.7 Å². The van der Waals surface area contributed by atoms with E-state index in [0.717, 1.165) is 11.3 Å². The number of ketones is 1. The number of aryl methyl sites for hydroxylation is 1. The SMILES string of the molecule is COc1cc(N2CCC(=O)N(CC(C)=O)CC2)ccc1-c1cnc(C)o1. The average molecular weight is 357 g/mol. The molecule has 3 rings (SSSR count). The smallest absolute Gasteiger partial charge is 0.224 e. The van der Waals surface area contributed by atoms with Crippen molar-refractivity contribution in [3.63, 3.8) is 0 Å². The Bertz CT molecular complexity index is 815. The first-order valence-electron chi connectivity index (χ1n) is 8.61. The zero-order valence-electron chi connectivity index (χ0n) is 15.3. The second-order valence-corrected chi connectivity index (χ2v) is 6.38. The number of benzene rings is 1. The van der Waals surface area contributed by atoms with Gasteiger partial charge < -0.3 is 19.0 Å². The Morgan fingerprint density at radius 2 is 2.12 bits per heavy atom. The number of amides is 1. The lowest BCUT2D eigenvalue weighted by molar-refractivity contribution is -0.134. The number of aromatic nitrogens is 1. The number of anilines is 1. The predicted molar refractivity (Wildman–Crippen MR) is 97.3 cm³/mol. The number of nitrogens with zero attached hydrogens (tertiary/aromatic N) is 3. The van der Waals surface area contributed by atoms with Gasteiger partial charge in [-0.05, 0) is 19.1 Å². The van der Waals surface area contributed by atoms with E-state index in [1.165, 1.54) is 6.92 Å². The number of carbonyl (C=O) groups excluding carboxylic acids is 2. The standard InChI is InChI=1S/C19H23N3O4/c1-13(23)12-22-9-8-21(7-6-19(22)24)15-4-5-16(17(10-15)25-3)18-11-20-14(2)26-18/h4-5,10-11H,6-9,12H2,1-3H3. The topological polar surface area (TPSA) is 75.9 Å². The highest BCUT2D eigenvalue weighted by atomic mass is 16.5. The van der Waals surface area contributed by atoms with Crippen molar-refractivity contribution in [1.82, 2.24) is 9.88 Å². The number of oxazole rings is 1. The van der Waals surface area contributed by atoms with Crippen molar-refractivity contribution in [2.75, 3.05) is 38.2 Å². The summed E-state index contributed by atoms with van der Waals surface area (Å²) in [6.07, 6.45) is 2.07. The van der Waals surface area contributed by atoms with Crippen molar-refractivity contribution in [1.29, 1.82) is 0 Å². The van der Waals surface area contributed by atoms with Crippen LogP contribution in [0.25, 0.3) is 11.3 Å². The molecule has 1 fully saturated rings. The van der Waals surface area contributed by atoms with Gasteiger partial charge in [0, 0.05) is 44.7 Å². The van der Waals surface area contributed by atoms with Crippen molar-refractivity contribution < 1.29 is 18.7 Å². The molecule has 1 saturated heterocycles. The summed E-state index contributed by atoms with van der Waals surface area (Å²) >= 11 is 0. The molecule has 0 aliphatic carbocycles. The first-order chi connectivity index (χ1) is 12.5. The van der Waals surface area contributed by atoms with Gasteiger partial charge >= 0.3 is 0 Å². The molecule has 7 heteroatoms. The van der Waals surface area contributed by atoms with Crippen molar-refractivity contribution in [2.24, 2.45) is 0 Å². The van der Waals surface area contributed by atoms with Crippen LogP contribution in [0, 0.1) is 6.92 Å². The lowest BCUT2D eigenvalue weighted by Gasteiger charge is -2.24. The van der Waals surface area contributed by atoms with Crippen LogP contribution in [0.15, 0.2) is 28.8 Å². The highest BCUT2D eigenvalue weighted by molar-refractivity contribution is 5.85. The van der Waals surface area contributed by atoms with Gasteiger partial charge in [0.1, 0.15) is 11.5 Å². The molecule has 0 bridgehead atoms. The number of methoxy groups -OCH3 is 1. The van der Waals surface area contributed by atoms with Crippen LogP contribution in [-0.2, 0) is 9.59 Å². The molecule has 1 amide bonds. The quantitative estimate of drug-likeness (QED) is 0.817. The number of Topliss-reactive ketones (excluding diaryl/α,β-unsaturated/α-hetero) is 1. The summed E-state index contributed by atoms with van der Waals surface area (Å²) in [7, 11) is 1.62. The van der Waals surface area contributed by atoms with E-state index in [1.54, 1.807) is 25.1 Å². The van der Waals surface area contributed by atoms with Gasteiger partial charge in [0.05, 0.1) is 25.4 Å². The van der Waals surface area contributed by atoms with Crippen LogP contribution < -0.4 is 9.64 Å². The lowest BCUT2D eigenvalue weighted by Crippen LogP contribution is -2.36. The fourth-order valence-electron chi connectivity index (χ4n) is 3.13. The Morgan fingerprint density at radius 1 is 1.31 bits per heavy atom. The van der Waals surface area contributed by atoms with Crippen LogP contribution in [0.4, 0.5) is 5.69 Å². The lowest BCUT2D eigenvalue weighted by atomic mass is 10.1. The molecule has 1 aromatic heterocycles. The van der Waals surface area contributed by atoms with E-state index in [9.17, 15) is 9.59 Å². The van der Waals surface area contributed by atoms with Crippen molar-refractivity contribution in [3.05, 3.63) is 30.3 Å². The van der Waals surface area contributed by atoms with E-state index >= 15 is 0 Å². The second kappa shape index (κ2) is 7.59. The van der Waals surface area contributed by atoms with E-state index in [2.05, 4.69) is 9.88 Å². The molecular formula is C19H23N3O4. The maximum atomic E-state index is 12.2. The molecule has 0 spiro atoms. The van der Waals surface area contributed by atoms with Gasteiger partial charge in [0.2, 0.25) is 5.91 Å². The van der Waals surface area contributed by atoms with Crippen LogP contribution in [0.1, 0.15) is 19.2 Å². The van der Waals surface area contributed by atoms with Crippen LogP contribution in [-0.4, -0.2) is 54.9 Å². The number of ether oxygens (including phenoxy) is 1. The van der Waals surface area contributed by atoms with Crippen LogP contribution in [0.3, 0.4) is 0 Å². The molecule has 7 nitrogen and oxygen atoms in total. The summed E-state index contributed by atoms with van der Waals surface area (Å²) < 4.78 is 11.1. The number of rotatable bonds is 5. The summed E-state index contributed by atoms with van der Waals surface area (Å²) in [6.45, 7) is 5.29. The van der Waals surface area contributed by atoms with Gasteiger partial charge in [-0.25, -0.2) is 4.98 Å². The van der Waals surface area contributed by atoms with E-state index in [-0.39, 0.29) is 18.2 Å². The maximum Gasteiger partial charge on any atom is 0.224 e. The largest absolute Gasteiger partial charge is 0.496 e. The number of carbonyl (C=O) groups is 2. The third-order valence-corrected chi connectivity index (χ3v) is 4.44. The van der Waals surface area contributed by atoms with Gasteiger partial charge in [-0.3, -0.25) is 9.59 Å². The normalized spacial score (nSPS) is 15.1. The third kappa shape index (κ3) is 3.87. The number of hydrogen-bond donors (Lipinski definition) is 0. The maximum absolute atomic E-state index is 12.2. The summed E-state index contributed by atoms with van der Waals surface area (Å²) in [4.78, 5) is 31.4. The molecule has 0 radical (unpaired) electrons. The predicted octanol–water partition coefficient (Wildman–Crippen LogP) is 2.29. The summed E-state index contributed by atoms with van der Waals surface area (Å²) in [5, 5.41) is 0. The minimum absolute atomic E-state index is 0.000160. The van der Waals surface area contributed by atoms with E-state index in [1.807, 2.05) is 18.2 Å². The van der Waals surface area contributed by atoms with E-state index in [4.69, 9.17) is 9.15 Å². The molecule has 0 N–H and O–H groups in total. The fourth-order valence-corrected chi connectivity index (χ4v) is 3.13. The van der Waals surface area contributed by atoms with Crippen molar-refractivity contribution in [3.8, 4) is 17.1 Å². The van der Waals surface area contributed by atoms with Gasteiger partial charge in [-0.15, -0.1) is 0 Å². The van der Waals surface area contributed by atoms with Crippen molar-refractivity contribution in [2.45, 2.75) is 20.3 Å². The highest BCUT2D eigenvalue weighted by Crippen LogP contribution is 2.34. The minimum Gasteiger partial charge on any atom is -0.496 e. The van der Waals surface area contributed by atoms with E-state index in [0.29, 0.717) is 43.5 Å². The molecule has 26 heavy (non-hydrogen) atoms. The molecule has 0 unspecified atom stereocenters. The first kappa shape index (κ1) is 18.0. The molecule has 0 atom stereocenters. The van der Waals surface area contributed by atoms with Crippen molar-refractivity contribution >= 4 is 17.4 Å². The zero-order chi connectivity index (χ0) is 18.7. The summed E-state index contributed by atoms with van der Waals surface area (Å²) in [6, 6.07) is 5.87. The van der Waals surface area contributed by atoms with Crippen LogP contribution in [0.2, 0.25) is 0 Å². The van der Waals surface area contributed by atoms with Crippen LogP contribution >= 0.6 is 0 Å². The molecule has 2 aromatic rings. The van der Waals surface area contributed by atoms with Crippen LogP contribution in [0.5, 0.6) is 5.75 Å². The fraction of sp³-hybridized carbons (Fsp3) is 0.421. The molecule has 138 valence electrons. The molecule has 0 saturated carbocycles. The Hall–Kier alpha value is -2.83. The Morgan fingerprint density at radius 3 is 2.77 bits per heavy atom. The average Bonchev–Trinajstić information content (AvgIpc) is 2.97. The van der Waals surface area contributed by atoms with Gasteiger partial charge in [-0.2, -0.15) is 0 Å². The molecule has 1 aliphatic heterocycles. The van der Waals surface area contributed by atoms with Gasteiger partial charge in [0.25, 0.3) is 0 Å². The molecule has 2 heterocycles. The zero-order valence-corrected chi connectivity index (χ0v) is 15.3. The first-order valence-corrected chi connectivity index (χ1v) is 8.61. The highest BCUT2D eigenvalue weighted by Gasteiger charge is 2.22. The van der Waals surface area contributed by atoms with Gasteiger partial charge in [-0.1, -0.05) is 0 Å². The van der Waals surface area contributed by atoms with E-state index < -0.39 is 0 Å². The summed E-state index contributed by atoms with van der Waals surface area (Å²) in [5.74, 6) is 1.96. The molecule has 1 aliphatic rings. The minimum atomic E-state index is 0.000160. The Labute approximate surface area is 152 Å². The molecule has 1 aromatic carbocycles. The Kier molecular flexibility index (Phi) is 5.25. The second-order valence-electron chi connectivity index (χ2n) is 6.38. The summed E-state index contributed by atoms with van der Waals surface area (Å²) in [5.41, 5.74) is 1.81. The number of hydrogen-bond acceptors (Lipinski definition) is 6. The monoisotopic (exact) mass is 357 g/mol.